The first-order valence-electron chi connectivity index (χ1n) is 9.87. The third-order valence-electron chi connectivity index (χ3n) is 5.48. The lowest BCUT2D eigenvalue weighted by Crippen LogP contribution is -2.35. The molecule has 0 radical (unpaired) electrons. The normalized spacial score (nSPS) is 15.8. The van der Waals surface area contributed by atoms with E-state index in [9.17, 15) is 4.79 Å². The maximum atomic E-state index is 13.1. The van der Waals surface area contributed by atoms with Crippen molar-refractivity contribution in [2.24, 2.45) is 0 Å². The van der Waals surface area contributed by atoms with Crippen LogP contribution < -0.4 is 5.69 Å². The summed E-state index contributed by atoms with van der Waals surface area (Å²) in [6.07, 6.45) is 6.98. The fraction of sp³-hybridized carbons (Fsp3) is 0.474. The second-order valence-electron chi connectivity index (χ2n) is 7.18. The highest BCUT2D eigenvalue weighted by atomic mass is 16.3. The van der Waals surface area contributed by atoms with Crippen molar-refractivity contribution in [3.05, 3.63) is 35.2 Å². The van der Waals surface area contributed by atoms with Gasteiger partial charge in [-0.15, -0.1) is 5.10 Å². The van der Waals surface area contributed by atoms with Gasteiger partial charge in [0.15, 0.2) is 17.1 Å². The number of aryl methyl sites for hydroxylation is 1. The first-order valence-corrected chi connectivity index (χ1v) is 9.87. The van der Waals surface area contributed by atoms with Gasteiger partial charge in [0.05, 0.1) is 6.26 Å². The molecule has 0 unspecified atom stereocenters. The molecule has 1 aliphatic heterocycles. The zero-order chi connectivity index (χ0) is 19.1. The van der Waals surface area contributed by atoms with E-state index in [-0.39, 0.29) is 5.69 Å². The number of aromatic nitrogens is 6. The van der Waals surface area contributed by atoms with Gasteiger partial charge in [0.2, 0.25) is 5.82 Å². The van der Waals surface area contributed by atoms with E-state index in [1.54, 1.807) is 32.3 Å². The number of hydrogen-bond donors (Lipinski definition) is 0. The molecule has 0 aromatic carbocycles. The van der Waals surface area contributed by atoms with Crippen LogP contribution in [0.5, 0.6) is 0 Å². The van der Waals surface area contributed by atoms with Crippen LogP contribution in [-0.4, -0.2) is 53.3 Å². The predicted octanol–water partition coefficient (Wildman–Crippen LogP) is 2.01. The van der Waals surface area contributed by atoms with Gasteiger partial charge in [0, 0.05) is 19.6 Å². The number of piperidine rings is 1. The molecule has 9 heteroatoms. The second kappa shape index (κ2) is 6.90. The minimum absolute atomic E-state index is 0.0438. The van der Waals surface area contributed by atoms with Gasteiger partial charge in [-0.1, -0.05) is 6.42 Å². The smallest absolute Gasteiger partial charge is 0.330 e. The van der Waals surface area contributed by atoms with Gasteiger partial charge in [0.1, 0.15) is 11.8 Å². The Hall–Kier alpha value is -2.94. The quantitative estimate of drug-likeness (QED) is 0.526. The number of imidazole rings is 1. The van der Waals surface area contributed by atoms with Crippen LogP contribution in [0.15, 0.2) is 33.9 Å². The van der Waals surface area contributed by atoms with Crippen LogP contribution >= 0.6 is 0 Å². The minimum atomic E-state index is -0.0438. The lowest BCUT2D eigenvalue weighted by molar-refractivity contribution is 0.220. The maximum Gasteiger partial charge on any atom is 0.330 e. The molecule has 28 heavy (non-hydrogen) atoms. The number of fused-ring (bicyclic) bond motifs is 3. The summed E-state index contributed by atoms with van der Waals surface area (Å²) in [6, 6.07) is 3.62. The SMILES string of the molecule is CCn1c(=O)n(CCN2CCCCC2)c2ncn3nc(-c4ccco4)nc3c21. The van der Waals surface area contributed by atoms with E-state index in [4.69, 9.17) is 4.42 Å². The van der Waals surface area contributed by atoms with Crippen LogP contribution in [0.3, 0.4) is 0 Å². The van der Waals surface area contributed by atoms with Crippen LogP contribution in [0.2, 0.25) is 0 Å². The summed E-state index contributed by atoms with van der Waals surface area (Å²) in [4.78, 5) is 24.7. The molecule has 0 amide bonds. The number of furan rings is 1. The van der Waals surface area contributed by atoms with Crippen LogP contribution in [-0.2, 0) is 13.1 Å². The molecule has 5 rings (SSSR count). The summed E-state index contributed by atoms with van der Waals surface area (Å²) in [5.41, 5.74) is 1.96. The highest BCUT2D eigenvalue weighted by Crippen LogP contribution is 2.21. The Morgan fingerprint density at radius 1 is 1.11 bits per heavy atom. The minimum Gasteiger partial charge on any atom is -0.461 e. The zero-order valence-electron chi connectivity index (χ0n) is 15.9. The molecule has 0 saturated carbocycles. The molecule has 0 atom stereocenters. The summed E-state index contributed by atoms with van der Waals surface area (Å²) in [6.45, 7) is 6.22. The Morgan fingerprint density at radius 3 is 2.71 bits per heavy atom. The first-order chi connectivity index (χ1) is 13.8. The van der Waals surface area contributed by atoms with Crippen molar-refractivity contribution in [3.63, 3.8) is 0 Å². The average molecular weight is 381 g/mol. The third-order valence-corrected chi connectivity index (χ3v) is 5.48. The molecule has 146 valence electrons. The standard InChI is InChI=1S/C19H23N7O2/c1-2-24-15-17(25(19(24)27)11-10-23-8-4-3-5-9-23)20-13-26-18(15)21-16(22-26)14-7-6-12-28-14/h6-7,12-13H,2-5,8-11H2,1H3. The third kappa shape index (κ3) is 2.73. The Labute approximate surface area is 161 Å². The topological polar surface area (TPSA) is 86.4 Å². The summed E-state index contributed by atoms with van der Waals surface area (Å²) >= 11 is 0. The molecule has 0 spiro atoms. The number of likely N-dealkylation sites (tertiary alicyclic amines) is 1. The molecule has 0 N–H and O–H groups in total. The molecular weight excluding hydrogens is 358 g/mol. The zero-order valence-corrected chi connectivity index (χ0v) is 15.9. The summed E-state index contributed by atoms with van der Waals surface area (Å²) in [5.74, 6) is 1.07. The monoisotopic (exact) mass is 381 g/mol. The van der Waals surface area contributed by atoms with Gasteiger partial charge in [-0.3, -0.25) is 9.13 Å². The summed E-state index contributed by atoms with van der Waals surface area (Å²) in [7, 11) is 0. The van der Waals surface area contributed by atoms with Crippen LogP contribution in [0.4, 0.5) is 0 Å². The molecular formula is C19H23N7O2. The van der Waals surface area contributed by atoms with E-state index in [0.29, 0.717) is 36.0 Å². The molecule has 5 heterocycles. The molecule has 4 aromatic heterocycles. The van der Waals surface area contributed by atoms with Gasteiger partial charge in [-0.05, 0) is 45.0 Å². The first kappa shape index (κ1) is 17.2. The van der Waals surface area contributed by atoms with Gasteiger partial charge >= 0.3 is 5.69 Å². The fourth-order valence-corrected chi connectivity index (χ4v) is 4.04. The van der Waals surface area contributed by atoms with Crippen LogP contribution in [0.1, 0.15) is 26.2 Å². The molecule has 4 aromatic rings. The highest BCUT2D eigenvalue weighted by Gasteiger charge is 2.21. The van der Waals surface area contributed by atoms with Gasteiger partial charge in [-0.25, -0.2) is 14.8 Å². The van der Waals surface area contributed by atoms with Crippen molar-refractivity contribution in [1.29, 1.82) is 0 Å². The van der Waals surface area contributed by atoms with Gasteiger partial charge in [-0.2, -0.15) is 4.52 Å². The second-order valence-corrected chi connectivity index (χ2v) is 7.18. The fourth-order valence-electron chi connectivity index (χ4n) is 4.04. The predicted molar refractivity (Wildman–Crippen MR) is 104 cm³/mol. The molecule has 1 saturated heterocycles. The van der Waals surface area contributed by atoms with Crippen molar-refractivity contribution in [1.82, 2.24) is 33.6 Å². The summed E-state index contributed by atoms with van der Waals surface area (Å²) in [5, 5.41) is 4.46. The number of hydrogen-bond acceptors (Lipinski definition) is 6. The Kier molecular flexibility index (Phi) is 4.23. The van der Waals surface area contributed by atoms with Crippen LogP contribution in [0, 0.1) is 0 Å². The van der Waals surface area contributed by atoms with E-state index in [0.717, 1.165) is 25.2 Å². The lowest BCUT2D eigenvalue weighted by atomic mass is 10.1. The van der Waals surface area contributed by atoms with Gasteiger partial charge < -0.3 is 9.32 Å². The van der Waals surface area contributed by atoms with Crippen LogP contribution in [0.25, 0.3) is 28.4 Å². The van der Waals surface area contributed by atoms with Crippen molar-refractivity contribution < 1.29 is 4.42 Å². The Morgan fingerprint density at radius 2 is 1.96 bits per heavy atom. The van der Waals surface area contributed by atoms with Crippen molar-refractivity contribution in [3.8, 4) is 11.6 Å². The van der Waals surface area contributed by atoms with Crippen molar-refractivity contribution in [2.45, 2.75) is 39.3 Å². The van der Waals surface area contributed by atoms with Crippen molar-refractivity contribution in [2.75, 3.05) is 19.6 Å². The van der Waals surface area contributed by atoms with E-state index >= 15 is 0 Å². The molecule has 0 bridgehead atoms. The lowest BCUT2D eigenvalue weighted by Gasteiger charge is -2.26. The number of nitrogens with zero attached hydrogens (tertiary/aromatic N) is 7. The maximum absolute atomic E-state index is 13.1. The molecule has 1 fully saturated rings. The van der Waals surface area contributed by atoms with Crippen molar-refractivity contribution >= 4 is 16.8 Å². The molecule has 1 aliphatic rings. The molecule has 9 nitrogen and oxygen atoms in total. The average Bonchev–Trinajstić information content (AvgIpc) is 3.44. The highest BCUT2D eigenvalue weighted by molar-refractivity contribution is 5.86. The summed E-state index contributed by atoms with van der Waals surface area (Å²) < 4.78 is 10.5. The van der Waals surface area contributed by atoms with E-state index in [1.165, 1.54) is 19.3 Å². The Balaban J connectivity index is 1.60. The number of rotatable bonds is 5. The van der Waals surface area contributed by atoms with Gasteiger partial charge in [0.25, 0.3) is 0 Å². The van der Waals surface area contributed by atoms with E-state index in [2.05, 4.69) is 20.0 Å². The van der Waals surface area contributed by atoms with E-state index < -0.39 is 0 Å². The van der Waals surface area contributed by atoms with E-state index in [1.807, 2.05) is 13.0 Å². The largest absolute Gasteiger partial charge is 0.461 e. The Bertz CT molecular complexity index is 1160. The molecule has 0 aliphatic carbocycles.